The van der Waals surface area contributed by atoms with E-state index < -0.39 is 4.92 Å². The fraction of sp³-hybridized carbons (Fsp3) is 0.529. The average molecular weight is 343 g/mol. The Labute approximate surface area is 145 Å². The Kier molecular flexibility index (Phi) is 4.46. The normalized spacial score (nSPS) is 24.0. The van der Waals surface area contributed by atoms with E-state index in [1.54, 1.807) is 18.5 Å². The largest absolute Gasteiger partial charge is 0.375 e. The molecule has 0 amide bonds. The first-order chi connectivity index (χ1) is 12.2. The first kappa shape index (κ1) is 16.2. The summed E-state index contributed by atoms with van der Waals surface area (Å²) in [6.07, 6.45) is 6.90. The van der Waals surface area contributed by atoms with Gasteiger partial charge >= 0.3 is 0 Å². The standard InChI is InChI=1S/C17H21N5O3/c23-22(24)14-7-5-13(6-8-14)17-18-11-21(19-17)12-20-9-10-25-16-4-2-1-3-15(16)20/h5-8,11,15-16H,1-4,9-10,12H2/t15-,16-/m1/s1. The molecule has 132 valence electrons. The van der Waals surface area contributed by atoms with Crippen molar-refractivity contribution < 1.29 is 9.66 Å². The summed E-state index contributed by atoms with van der Waals surface area (Å²) < 4.78 is 7.75. The zero-order chi connectivity index (χ0) is 17.2. The molecular formula is C17H21N5O3. The third-order valence-corrected chi connectivity index (χ3v) is 5.05. The molecule has 0 radical (unpaired) electrons. The molecular weight excluding hydrogens is 322 g/mol. The molecule has 2 aliphatic rings. The van der Waals surface area contributed by atoms with Gasteiger partial charge in [-0.05, 0) is 25.0 Å². The number of benzene rings is 1. The van der Waals surface area contributed by atoms with Crippen molar-refractivity contribution in [3.8, 4) is 11.4 Å². The lowest BCUT2D eigenvalue weighted by molar-refractivity contribution is -0.384. The van der Waals surface area contributed by atoms with Gasteiger partial charge in [0.25, 0.3) is 5.69 Å². The van der Waals surface area contributed by atoms with Crippen LogP contribution in [0.15, 0.2) is 30.6 Å². The minimum Gasteiger partial charge on any atom is -0.375 e. The van der Waals surface area contributed by atoms with Crippen molar-refractivity contribution in [2.75, 3.05) is 13.2 Å². The first-order valence-corrected chi connectivity index (χ1v) is 8.70. The molecule has 2 atom stereocenters. The van der Waals surface area contributed by atoms with Gasteiger partial charge in [-0.15, -0.1) is 5.10 Å². The van der Waals surface area contributed by atoms with E-state index in [1.165, 1.54) is 31.4 Å². The van der Waals surface area contributed by atoms with Gasteiger partial charge in [0.2, 0.25) is 0 Å². The molecule has 0 bridgehead atoms. The number of nitrogens with zero attached hydrogens (tertiary/aromatic N) is 5. The van der Waals surface area contributed by atoms with Crippen molar-refractivity contribution in [1.29, 1.82) is 0 Å². The van der Waals surface area contributed by atoms with Crippen LogP contribution in [0.4, 0.5) is 5.69 Å². The summed E-state index contributed by atoms with van der Waals surface area (Å²) in [4.78, 5) is 17.1. The van der Waals surface area contributed by atoms with Crippen LogP contribution in [0.1, 0.15) is 25.7 Å². The summed E-state index contributed by atoms with van der Waals surface area (Å²) in [7, 11) is 0. The topological polar surface area (TPSA) is 86.3 Å². The van der Waals surface area contributed by atoms with Crippen LogP contribution in [0.5, 0.6) is 0 Å². The van der Waals surface area contributed by atoms with Gasteiger partial charge in [-0.3, -0.25) is 15.0 Å². The lowest BCUT2D eigenvalue weighted by Gasteiger charge is -2.43. The predicted octanol–water partition coefficient (Wildman–Crippen LogP) is 2.45. The van der Waals surface area contributed by atoms with Crippen molar-refractivity contribution in [3.63, 3.8) is 0 Å². The maximum absolute atomic E-state index is 10.7. The summed E-state index contributed by atoms with van der Waals surface area (Å²) in [6.45, 7) is 2.38. The zero-order valence-electron chi connectivity index (χ0n) is 14.0. The monoisotopic (exact) mass is 343 g/mol. The van der Waals surface area contributed by atoms with E-state index in [-0.39, 0.29) is 5.69 Å². The van der Waals surface area contributed by atoms with E-state index in [0.29, 0.717) is 24.6 Å². The Morgan fingerprint density at radius 3 is 2.84 bits per heavy atom. The van der Waals surface area contributed by atoms with Crippen molar-refractivity contribution >= 4 is 5.69 Å². The van der Waals surface area contributed by atoms with Crippen LogP contribution in [0, 0.1) is 10.1 Å². The SMILES string of the molecule is O=[N+]([O-])c1ccc(-c2ncn(CN3CCO[C@@H]4CCCC[C@H]43)n2)cc1. The number of hydrogen-bond acceptors (Lipinski definition) is 6. The minimum absolute atomic E-state index is 0.0693. The Morgan fingerprint density at radius 1 is 1.24 bits per heavy atom. The second kappa shape index (κ2) is 6.89. The molecule has 0 N–H and O–H groups in total. The van der Waals surface area contributed by atoms with Gasteiger partial charge in [0.05, 0.1) is 24.3 Å². The number of hydrogen-bond donors (Lipinski definition) is 0. The zero-order valence-corrected chi connectivity index (χ0v) is 14.0. The molecule has 8 nitrogen and oxygen atoms in total. The average Bonchev–Trinajstić information content (AvgIpc) is 3.11. The maximum atomic E-state index is 10.7. The third-order valence-electron chi connectivity index (χ3n) is 5.05. The number of nitro benzene ring substituents is 1. The second-order valence-corrected chi connectivity index (χ2v) is 6.63. The summed E-state index contributed by atoms with van der Waals surface area (Å²) in [5.41, 5.74) is 0.849. The number of non-ortho nitro benzene ring substituents is 1. The fourth-order valence-electron chi connectivity index (χ4n) is 3.77. The highest BCUT2D eigenvalue weighted by Crippen LogP contribution is 2.28. The summed E-state index contributed by atoms with van der Waals surface area (Å²) >= 11 is 0. The molecule has 1 aromatic heterocycles. The van der Waals surface area contributed by atoms with Gasteiger partial charge in [0, 0.05) is 30.3 Å². The van der Waals surface area contributed by atoms with Gasteiger partial charge in [-0.2, -0.15) is 0 Å². The van der Waals surface area contributed by atoms with E-state index in [1.807, 2.05) is 4.68 Å². The van der Waals surface area contributed by atoms with Gasteiger partial charge in [0.15, 0.2) is 5.82 Å². The number of ether oxygens (including phenoxy) is 1. The molecule has 2 heterocycles. The molecule has 8 heteroatoms. The molecule has 1 aliphatic heterocycles. The van der Waals surface area contributed by atoms with Crippen molar-refractivity contribution in [2.45, 2.75) is 44.5 Å². The van der Waals surface area contributed by atoms with E-state index in [4.69, 9.17) is 4.74 Å². The van der Waals surface area contributed by atoms with Crippen LogP contribution in [-0.4, -0.2) is 49.9 Å². The Morgan fingerprint density at radius 2 is 2.04 bits per heavy atom. The van der Waals surface area contributed by atoms with Gasteiger partial charge < -0.3 is 4.74 Å². The Balaban J connectivity index is 1.46. The summed E-state index contributed by atoms with van der Waals surface area (Å²) in [5.74, 6) is 0.586. The van der Waals surface area contributed by atoms with Crippen molar-refractivity contribution in [2.24, 2.45) is 0 Å². The lowest BCUT2D eigenvalue weighted by atomic mass is 9.90. The van der Waals surface area contributed by atoms with E-state index >= 15 is 0 Å². The van der Waals surface area contributed by atoms with Crippen molar-refractivity contribution in [1.82, 2.24) is 19.7 Å². The van der Waals surface area contributed by atoms with Crippen LogP contribution in [0.2, 0.25) is 0 Å². The first-order valence-electron chi connectivity index (χ1n) is 8.70. The highest BCUT2D eigenvalue weighted by atomic mass is 16.6. The highest BCUT2D eigenvalue weighted by Gasteiger charge is 2.34. The maximum Gasteiger partial charge on any atom is 0.269 e. The molecule has 1 aromatic carbocycles. The molecule has 4 rings (SSSR count). The number of morpholine rings is 1. The van der Waals surface area contributed by atoms with Crippen LogP contribution in [-0.2, 0) is 11.4 Å². The number of aromatic nitrogens is 3. The molecule has 0 unspecified atom stereocenters. The molecule has 0 spiro atoms. The van der Waals surface area contributed by atoms with Crippen LogP contribution < -0.4 is 0 Å². The molecule has 1 saturated carbocycles. The smallest absolute Gasteiger partial charge is 0.269 e. The molecule has 2 fully saturated rings. The quantitative estimate of drug-likeness (QED) is 0.626. The Bertz CT molecular complexity index is 743. The summed E-state index contributed by atoms with van der Waals surface area (Å²) in [5, 5.41) is 15.3. The van der Waals surface area contributed by atoms with E-state index in [2.05, 4.69) is 15.0 Å². The molecule has 25 heavy (non-hydrogen) atoms. The Hall–Kier alpha value is -2.32. The molecule has 1 saturated heterocycles. The van der Waals surface area contributed by atoms with Crippen LogP contribution in [0.3, 0.4) is 0 Å². The number of fused-ring (bicyclic) bond motifs is 1. The summed E-state index contributed by atoms with van der Waals surface area (Å²) in [6, 6.07) is 6.79. The van der Waals surface area contributed by atoms with Crippen LogP contribution in [0.25, 0.3) is 11.4 Å². The van der Waals surface area contributed by atoms with Gasteiger partial charge in [-0.1, -0.05) is 12.8 Å². The van der Waals surface area contributed by atoms with E-state index in [9.17, 15) is 10.1 Å². The van der Waals surface area contributed by atoms with Gasteiger partial charge in [-0.25, -0.2) is 9.67 Å². The fourth-order valence-corrected chi connectivity index (χ4v) is 3.77. The number of rotatable bonds is 4. The van der Waals surface area contributed by atoms with Crippen LogP contribution >= 0.6 is 0 Å². The minimum atomic E-state index is -0.408. The van der Waals surface area contributed by atoms with Gasteiger partial charge in [0.1, 0.15) is 6.33 Å². The van der Waals surface area contributed by atoms with E-state index in [0.717, 1.165) is 25.1 Å². The second-order valence-electron chi connectivity index (χ2n) is 6.63. The lowest BCUT2D eigenvalue weighted by Crippen LogP contribution is -2.52. The predicted molar refractivity (Wildman–Crippen MR) is 90.8 cm³/mol. The number of nitro groups is 1. The molecule has 1 aliphatic carbocycles. The van der Waals surface area contributed by atoms with Crippen molar-refractivity contribution in [3.05, 3.63) is 40.7 Å². The molecule has 2 aromatic rings. The third kappa shape index (κ3) is 3.40. The highest BCUT2D eigenvalue weighted by molar-refractivity contribution is 5.56.